The molecular weight excluding hydrogens is 282 g/mol. The van der Waals surface area contributed by atoms with Gasteiger partial charge in [-0.15, -0.1) is 0 Å². The molecule has 2 aliphatic rings. The maximum atomic E-state index is 11.7. The van der Waals surface area contributed by atoms with Gasteiger partial charge >= 0.3 is 0 Å². The van der Waals surface area contributed by atoms with E-state index in [-0.39, 0.29) is 36.5 Å². The number of hydrogen-bond donors (Lipinski definition) is 2. The Morgan fingerprint density at radius 3 is 2.20 bits per heavy atom. The average molecular weight is 303 g/mol. The molecule has 2 unspecified atom stereocenters. The highest BCUT2D eigenvalue weighted by molar-refractivity contribution is 7.88. The molecule has 0 radical (unpaired) electrons. The number of carbonyl (C=O) groups excluding carboxylic acids is 2. The first-order chi connectivity index (χ1) is 9.27. The Bertz CT molecular complexity index is 491. The van der Waals surface area contributed by atoms with E-state index in [1.165, 1.54) is 13.2 Å². The molecule has 0 spiro atoms. The molecule has 0 saturated carbocycles. The van der Waals surface area contributed by atoms with Crippen LogP contribution in [-0.4, -0.2) is 55.5 Å². The normalized spacial score (nSPS) is 30.0. The van der Waals surface area contributed by atoms with Crippen LogP contribution in [0.25, 0.3) is 0 Å². The van der Waals surface area contributed by atoms with E-state index < -0.39 is 10.0 Å². The molecular formula is C12H21N3O4S. The molecule has 2 N–H and O–H groups in total. The highest BCUT2D eigenvalue weighted by Crippen LogP contribution is 2.37. The lowest BCUT2D eigenvalue weighted by Crippen LogP contribution is -2.53. The van der Waals surface area contributed by atoms with E-state index in [4.69, 9.17) is 0 Å². The summed E-state index contributed by atoms with van der Waals surface area (Å²) in [6, 6.07) is -0.0172. The first-order valence-corrected chi connectivity index (χ1v) is 8.64. The van der Waals surface area contributed by atoms with E-state index in [0.717, 1.165) is 12.8 Å². The number of nitrogens with one attached hydrogen (secondary N) is 2. The summed E-state index contributed by atoms with van der Waals surface area (Å²) in [7, 11) is -3.17. The van der Waals surface area contributed by atoms with Gasteiger partial charge in [-0.2, -0.15) is 4.31 Å². The van der Waals surface area contributed by atoms with E-state index in [9.17, 15) is 18.0 Å². The lowest BCUT2D eigenvalue weighted by molar-refractivity contribution is -0.125. The third kappa shape index (κ3) is 3.49. The largest absolute Gasteiger partial charge is 0.352 e. The predicted octanol–water partition coefficient (Wildman–Crippen LogP) is -0.806. The number of amides is 2. The van der Waals surface area contributed by atoms with Crippen LogP contribution in [0.4, 0.5) is 0 Å². The number of rotatable bonds is 4. The minimum Gasteiger partial charge on any atom is -0.352 e. The summed E-state index contributed by atoms with van der Waals surface area (Å²) in [4.78, 5) is 22.4. The van der Waals surface area contributed by atoms with E-state index >= 15 is 0 Å². The molecule has 0 aromatic carbocycles. The van der Waals surface area contributed by atoms with Gasteiger partial charge in [0.1, 0.15) is 0 Å². The topological polar surface area (TPSA) is 95.6 Å². The van der Waals surface area contributed by atoms with Crippen molar-refractivity contribution in [3.8, 4) is 0 Å². The fourth-order valence-corrected chi connectivity index (χ4v) is 4.74. The zero-order chi connectivity index (χ0) is 14.9. The molecule has 2 fully saturated rings. The minimum atomic E-state index is -3.17. The van der Waals surface area contributed by atoms with Gasteiger partial charge in [0.05, 0.1) is 12.8 Å². The van der Waals surface area contributed by atoms with Crippen LogP contribution in [0, 0.1) is 0 Å². The average Bonchev–Trinajstić information content (AvgIpc) is 2.60. The molecule has 0 aliphatic carbocycles. The molecule has 8 heteroatoms. The van der Waals surface area contributed by atoms with Gasteiger partial charge in [-0.05, 0) is 25.7 Å². The van der Waals surface area contributed by atoms with Crippen molar-refractivity contribution in [2.24, 2.45) is 0 Å². The van der Waals surface area contributed by atoms with Crippen molar-refractivity contribution in [2.75, 3.05) is 12.8 Å². The second-order valence-corrected chi connectivity index (χ2v) is 7.51. The zero-order valence-electron chi connectivity index (χ0n) is 11.8. The van der Waals surface area contributed by atoms with Crippen molar-refractivity contribution in [1.82, 2.24) is 14.9 Å². The van der Waals surface area contributed by atoms with E-state index in [2.05, 4.69) is 10.6 Å². The molecule has 2 bridgehead atoms. The first-order valence-electron chi connectivity index (χ1n) is 6.79. The van der Waals surface area contributed by atoms with Gasteiger partial charge in [-0.25, -0.2) is 8.42 Å². The van der Waals surface area contributed by atoms with Crippen molar-refractivity contribution in [3.63, 3.8) is 0 Å². The minimum absolute atomic E-state index is 0.00480. The van der Waals surface area contributed by atoms with Gasteiger partial charge in [0.15, 0.2) is 0 Å². The summed E-state index contributed by atoms with van der Waals surface area (Å²) in [6.45, 7) is 1.33. The number of fused-ring (bicyclic) bond motifs is 2. The van der Waals surface area contributed by atoms with Gasteiger partial charge in [0.25, 0.3) is 0 Å². The van der Waals surface area contributed by atoms with Gasteiger partial charge in [-0.3, -0.25) is 9.59 Å². The standard InChI is InChI=1S/C12H21N3O4S/c1-8(16)13-7-12(17)14-9-5-10-3-4-11(6-9)15(10)20(2,18)19/h9-11H,3-7H2,1-2H3,(H,13,16)(H,14,17). The Morgan fingerprint density at radius 1 is 1.20 bits per heavy atom. The monoisotopic (exact) mass is 303 g/mol. The Kier molecular flexibility index (Phi) is 4.33. The SMILES string of the molecule is CC(=O)NCC(=O)NC1CC2CCC(C1)N2S(C)(=O)=O. The van der Waals surface area contributed by atoms with Crippen LogP contribution in [0.5, 0.6) is 0 Å². The molecule has 114 valence electrons. The Morgan fingerprint density at radius 2 is 1.75 bits per heavy atom. The van der Waals surface area contributed by atoms with Crippen LogP contribution in [-0.2, 0) is 19.6 Å². The zero-order valence-corrected chi connectivity index (χ0v) is 12.6. The molecule has 2 heterocycles. The van der Waals surface area contributed by atoms with Crippen molar-refractivity contribution >= 4 is 21.8 Å². The molecule has 2 amide bonds. The maximum Gasteiger partial charge on any atom is 0.239 e. The Balaban J connectivity index is 1.90. The van der Waals surface area contributed by atoms with Crippen LogP contribution in [0.3, 0.4) is 0 Å². The fraction of sp³-hybridized carbons (Fsp3) is 0.833. The number of nitrogens with zero attached hydrogens (tertiary/aromatic N) is 1. The third-order valence-electron chi connectivity index (χ3n) is 3.91. The quantitative estimate of drug-likeness (QED) is 0.710. The van der Waals surface area contributed by atoms with Crippen LogP contribution in [0.1, 0.15) is 32.6 Å². The molecule has 2 atom stereocenters. The Hall–Kier alpha value is -1.15. The summed E-state index contributed by atoms with van der Waals surface area (Å²) < 4.78 is 25.1. The lowest BCUT2D eigenvalue weighted by atomic mass is 10.00. The van der Waals surface area contributed by atoms with Crippen LogP contribution >= 0.6 is 0 Å². The fourth-order valence-electron chi connectivity index (χ4n) is 3.28. The first kappa shape index (κ1) is 15.2. The summed E-state index contributed by atoms with van der Waals surface area (Å²) in [6.07, 6.45) is 4.25. The molecule has 2 rings (SSSR count). The molecule has 0 aromatic rings. The van der Waals surface area contributed by atoms with Crippen LogP contribution in [0.15, 0.2) is 0 Å². The number of hydrogen-bond acceptors (Lipinski definition) is 4. The number of carbonyl (C=O) groups is 2. The van der Waals surface area contributed by atoms with Crippen LogP contribution < -0.4 is 10.6 Å². The van der Waals surface area contributed by atoms with E-state index in [1.807, 2.05) is 0 Å². The smallest absolute Gasteiger partial charge is 0.239 e. The predicted molar refractivity (Wildman–Crippen MR) is 73.3 cm³/mol. The van der Waals surface area contributed by atoms with Gasteiger partial charge in [0, 0.05) is 25.0 Å². The summed E-state index contributed by atoms with van der Waals surface area (Å²) in [5, 5.41) is 5.32. The van der Waals surface area contributed by atoms with E-state index in [1.54, 1.807) is 4.31 Å². The Labute approximate surface area is 119 Å². The lowest BCUT2D eigenvalue weighted by Gasteiger charge is -2.37. The van der Waals surface area contributed by atoms with Gasteiger partial charge < -0.3 is 10.6 Å². The molecule has 2 saturated heterocycles. The van der Waals surface area contributed by atoms with Crippen LogP contribution in [0.2, 0.25) is 0 Å². The highest BCUT2D eigenvalue weighted by atomic mass is 32.2. The van der Waals surface area contributed by atoms with Crippen molar-refractivity contribution in [3.05, 3.63) is 0 Å². The maximum absolute atomic E-state index is 11.7. The summed E-state index contributed by atoms with van der Waals surface area (Å²) in [5.74, 6) is -0.468. The second-order valence-electron chi connectivity index (χ2n) is 5.62. The van der Waals surface area contributed by atoms with E-state index in [0.29, 0.717) is 12.8 Å². The molecule has 20 heavy (non-hydrogen) atoms. The van der Waals surface area contributed by atoms with Gasteiger partial charge in [0.2, 0.25) is 21.8 Å². The highest BCUT2D eigenvalue weighted by Gasteiger charge is 2.45. The van der Waals surface area contributed by atoms with Crippen molar-refractivity contribution in [1.29, 1.82) is 0 Å². The second kappa shape index (κ2) is 5.69. The van der Waals surface area contributed by atoms with Crippen molar-refractivity contribution in [2.45, 2.75) is 50.7 Å². The molecule has 2 aliphatic heterocycles. The molecule has 7 nitrogen and oxygen atoms in total. The third-order valence-corrected chi connectivity index (χ3v) is 5.27. The summed E-state index contributed by atoms with van der Waals surface area (Å²) in [5.41, 5.74) is 0. The number of piperidine rings is 1. The van der Waals surface area contributed by atoms with Gasteiger partial charge in [-0.1, -0.05) is 0 Å². The molecule has 0 aromatic heterocycles. The number of sulfonamides is 1. The summed E-state index contributed by atoms with van der Waals surface area (Å²) >= 11 is 0. The van der Waals surface area contributed by atoms with Crippen molar-refractivity contribution < 1.29 is 18.0 Å².